The molecule has 0 aliphatic rings. The lowest BCUT2D eigenvalue weighted by atomic mass is 10.1. The number of rotatable bonds is 5. The number of hydrogen-bond donors (Lipinski definition) is 0. The molecule has 0 N–H and O–H groups in total. The number of nitrogens with zero attached hydrogens (tertiary/aromatic N) is 5. The van der Waals surface area contributed by atoms with Gasteiger partial charge in [-0.25, -0.2) is 4.39 Å². The molecule has 1 amide bonds. The van der Waals surface area contributed by atoms with Crippen LogP contribution in [0, 0.1) is 5.82 Å². The number of benzene rings is 2. The van der Waals surface area contributed by atoms with Gasteiger partial charge < -0.3 is 4.90 Å². The standard InChI is InChI=1S/C18H15F4N5O/c1-26(10-12-5-7-15(19)8-6-12)16(28)11-27-24-17(23-25-27)13-3-2-4-14(9-13)18(20,21)22/h2-9H,10-11H2,1H3. The summed E-state index contributed by atoms with van der Waals surface area (Å²) < 4.78 is 51.4. The van der Waals surface area contributed by atoms with Crippen molar-refractivity contribution < 1.29 is 22.4 Å². The molecule has 0 aliphatic carbocycles. The average molecular weight is 393 g/mol. The van der Waals surface area contributed by atoms with Crippen molar-refractivity contribution in [3.05, 3.63) is 65.5 Å². The highest BCUT2D eigenvalue weighted by Crippen LogP contribution is 2.31. The summed E-state index contributed by atoms with van der Waals surface area (Å²) in [5.74, 6) is -0.718. The molecular formula is C18H15F4N5O. The summed E-state index contributed by atoms with van der Waals surface area (Å²) in [6.45, 7) is 0.0257. The molecule has 0 unspecified atom stereocenters. The van der Waals surface area contributed by atoms with Crippen molar-refractivity contribution >= 4 is 5.91 Å². The monoisotopic (exact) mass is 393 g/mol. The molecule has 3 aromatic rings. The van der Waals surface area contributed by atoms with E-state index in [-0.39, 0.29) is 36.2 Å². The Kier molecular flexibility index (Phi) is 5.39. The van der Waals surface area contributed by atoms with Gasteiger partial charge in [0.05, 0.1) is 5.56 Å². The van der Waals surface area contributed by atoms with Gasteiger partial charge in [0.2, 0.25) is 11.7 Å². The Hall–Kier alpha value is -3.30. The van der Waals surface area contributed by atoms with Crippen LogP contribution in [-0.4, -0.2) is 38.1 Å². The van der Waals surface area contributed by atoms with Crippen LogP contribution >= 0.6 is 0 Å². The number of aromatic nitrogens is 4. The number of likely N-dealkylation sites (N-methyl/N-ethyl adjacent to an activating group) is 1. The first-order chi connectivity index (χ1) is 13.2. The molecule has 0 fully saturated rings. The Bertz CT molecular complexity index is 969. The summed E-state index contributed by atoms with van der Waals surface area (Å²) in [7, 11) is 1.57. The van der Waals surface area contributed by atoms with Crippen LogP contribution < -0.4 is 0 Å². The second kappa shape index (κ2) is 7.75. The normalized spacial score (nSPS) is 11.5. The molecule has 6 nitrogen and oxygen atoms in total. The molecule has 0 bridgehead atoms. The predicted molar refractivity (Wildman–Crippen MR) is 91.1 cm³/mol. The first-order valence-electron chi connectivity index (χ1n) is 8.16. The minimum atomic E-state index is -4.48. The van der Waals surface area contributed by atoms with Crippen molar-refractivity contribution in [2.24, 2.45) is 0 Å². The SMILES string of the molecule is CN(Cc1ccc(F)cc1)C(=O)Cn1nnc(-c2cccc(C(F)(F)F)c2)n1. The van der Waals surface area contributed by atoms with Crippen LogP contribution in [0.2, 0.25) is 0 Å². The van der Waals surface area contributed by atoms with E-state index in [1.807, 2.05) is 0 Å². The third-order valence-corrected chi connectivity index (χ3v) is 3.94. The maximum absolute atomic E-state index is 12.9. The third-order valence-electron chi connectivity index (χ3n) is 3.94. The molecule has 0 spiro atoms. The Balaban J connectivity index is 1.67. The molecule has 2 aromatic carbocycles. The van der Waals surface area contributed by atoms with E-state index >= 15 is 0 Å². The molecular weight excluding hydrogens is 378 g/mol. The van der Waals surface area contributed by atoms with Gasteiger partial charge in [0.1, 0.15) is 12.4 Å². The molecule has 3 rings (SSSR count). The van der Waals surface area contributed by atoms with E-state index in [2.05, 4.69) is 15.4 Å². The van der Waals surface area contributed by atoms with Crippen LogP contribution in [-0.2, 0) is 24.1 Å². The summed E-state index contributed by atoms with van der Waals surface area (Å²) in [5.41, 5.74) is 0.0677. The summed E-state index contributed by atoms with van der Waals surface area (Å²) in [6.07, 6.45) is -4.48. The van der Waals surface area contributed by atoms with E-state index in [1.165, 1.54) is 29.2 Å². The van der Waals surface area contributed by atoms with E-state index in [0.717, 1.165) is 22.5 Å². The Morgan fingerprint density at radius 3 is 2.54 bits per heavy atom. The van der Waals surface area contributed by atoms with Crippen LogP contribution in [0.1, 0.15) is 11.1 Å². The first kappa shape index (κ1) is 19.5. The zero-order valence-electron chi connectivity index (χ0n) is 14.7. The highest BCUT2D eigenvalue weighted by Gasteiger charge is 2.30. The molecule has 0 saturated carbocycles. The van der Waals surface area contributed by atoms with Gasteiger partial charge in [-0.15, -0.1) is 10.2 Å². The molecule has 1 aromatic heterocycles. The molecule has 146 valence electrons. The maximum atomic E-state index is 12.9. The number of amides is 1. The zero-order valence-corrected chi connectivity index (χ0v) is 14.7. The van der Waals surface area contributed by atoms with Crippen LogP contribution in [0.15, 0.2) is 48.5 Å². The van der Waals surface area contributed by atoms with Crippen molar-refractivity contribution in [3.8, 4) is 11.4 Å². The number of tetrazole rings is 1. The highest BCUT2D eigenvalue weighted by molar-refractivity contribution is 5.75. The van der Waals surface area contributed by atoms with Crippen molar-refractivity contribution in [2.75, 3.05) is 7.05 Å². The first-order valence-corrected chi connectivity index (χ1v) is 8.16. The molecule has 0 radical (unpaired) electrons. The van der Waals surface area contributed by atoms with Crippen molar-refractivity contribution in [2.45, 2.75) is 19.3 Å². The fourth-order valence-corrected chi connectivity index (χ4v) is 2.45. The van der Waals surface area contributed by atoms with Crippen LogP contribution in [0.5, 0.6) is 0 Å². The predicted octanol–water partition coefficient (Wildman–Crippen LogP) is 3.16. The molecule has 0 saturated heterocycles. The molecule has 1 heterocycles. The van der Waals surface area contributed by atoms with E-state index in [0.29, 0.717) is 0 Å². The second-order valence-corrected chi connectivity index (χ2v) is 6.10. The zero-order chi connectivity index (χ0) is 20.3. The van der Waals surface area contributed by atoms with Gasteiger partial charge in [-0.3, -0.25) is 4.79 Å². The number of halogens is 4. The topological polar surface area (TPSA) is 63.9 Å². The van der Waals surface area contributed by atoms with E-state index < -0.39 is 11.7 Å². The maximum Gasteiger partial charge on any atom is 0.416 e. The van der Waals surface area contributed by atoms with E-state index in [9.17, 15) is 22.4 Å². The van der Waals surface area contributed by atoms with E-state index in [1.54, 1.807) is 19.2 Å². The van der Waals surface area contributed by atoms with E-state index in [4.69, 9.17) is 0 Å². The molecule has 28 heavy (non-hydrogen) atoms. The number of carbonyl (C=O) groups excluding carboxylic acids is 1. The van der Waals surface area contributed by atoms with Gasteiger partial charge in [0.15, 0.2) is 0 Å². The summed E-state index contributed by atoms with van der Waals surface area (Å²) in [5, 5.41) is 11.4. The van der Waals surface area contributed by atoms with Crippen LogP contribution in [0.25, 0.3) is 11.4 Å². The van der Waals surface area contributed by atoms with Gasteiger partial charge >= 0.3 is 6.18 Å². The Labute approximate surface area is 157 Å². The molecule has 0 aliphatic heterocycles. The fraction of sp³-hybridized carbons (Fsp3) is 0.222. The van der Waals surface area contributed by atoms with Crippen LogP contribution in [0.3, 0.4) is 0 Å². The van der Waals surface area contributed by atoms with Gasteiger partial charge in [-0.1, -0.05) is 24.3 Å². The largest absolute Gasteiger partial charge is 0.416 e. The van der Waals surface area contributed by atoms with Crippen molar-refractivity contribution in [1.29, 1.82) is 0 Å². The van der Waals surface area contributed by atoms with Crippen molar-refractivity contribution in [1.82, 2.24) is 25.1 Å². The average Bonchev–Trinajstić information content (AvgIpc) is 3.11. The van der Waals surface area contributed by atoms with Gasteiger partial charge in [0, 0.05) is 19.2 Å². The van der Waals surface area contributed by atoms with Crippen LogP contribution in [0.4, 0.5) is 17.6 Å². The summed E-state index contributed by atoms with van der Waals surface area (Å²) in [6, 6.07) is 10.3. The lowest BCUT2D eigenvalue weighted by molar-refractivity contribution is -0.137. The van der Waals surface area contributed by atoms with Gasteiger partial charge in [-0.05, 0) is 35.0 Å². The summed E-state index contributed by atoms with van der Waals surface area (Å²) >= 11 is 0. The minimum absolute atomic E-state index is 0.0138. The third kappa shape index (κ3) is 4.70. The fourth-order valence-electron chi connectivity index (χ4n) is 2.45. The Morgan fingerprint density at radius 1 is 1.14 bits per heavy atom. The molecule has 0 atom stereocenters. The quantitative estimate of drug-likeness (QED) is 0.625. The van der Waals surface area contributed by atoms with Crippen molar-refractivity contribution in [3.63, 3.8) is 0 Å². The lowest BCUT2D eigenvalue weighted by Crippen LogP contribution is -2.30. The number of alkyl halides is 3. The highest BCUT2D eigenvalue weighted by atomic mass is 19.4. The number of hydrogen-bond acceptors (Lipinski definition) is 4. The van der Waals surface area contributed by atoms with Gasteiger partial charge in [0.25, 0.3) is 0 Å². The minimum Gasteiger partial charge on any atom is -0.340 e. The molecule has 10 heteroatoms. The second-order valence-electron chi connectivity index (χ2n) is 6.10. The number of carbonyl (C=O) groups is 1. The smallest absolute Gasteiger partial charge is 0.340 e. The lowest BCUT2D eigenvalue weighted by Gasteiger charge is -2.16. The summed E-state index contributed by atoms with van der Waals surface area (Å²) in [4.78, 5) is 14.7. The van der Waals surface area contributed by atoms with Gasteiger partial charge in [-0.2, -0.15) is 18.0 Å². The Morgan fingerprint density at radius 2 is 1.86 bits per heavy atom.